The van der Waals surface area contributed by atoms with Crippen LogP contribution in [0.4, 0.5) is 4.79 Å². The molecule has 1 amide bonds. The lowest BCUT2D eigenvalue weighted by Gasteiger charge is -2.46. The van der Waals surface area contributed by atoms with E-state index in [0.717, 1.165) is 28.6 Å². The second-order valence-electron chi connectivity index (χ2n) is 9.05. The minimum atomic E-state index is -0.855. The van der Waals surface area contributed by atoms with Crippen LogP contribution in [0.3, 0.4) is 0 Å². The number of hydrogen-bond acceptors (Lipinski definition) is 4. The predicted octanol–water partition coefficient (Wildman–Crippen LogP) is 5.14. The summed E-state index contributed by atoms with van der Waals surface area (Å²) in [5.41, 5.74) is 1.87. The molecule has 2 rings (SSSR count). The third-order valence-corrected chi connectivity index (χ3v) is 6.64. The largest absolute Gasteiger partial charge is 0.465 e. The highest BCUT2D eigenvalue weighted by Gasteiger charge is 2.40. The van der Waals surface area contributed by atoms with Gasteiger partial charge in [0.05, 0.1) is 12.7 Å². The van der Waals surface area contributed by atoms with E-state index in [-0.39, 0.29) is 23.4 Å². The lowest BCUT2D eigenvalue weighted by Crippen LogP contribution is -2.54. The van der Waals surface area contributed by atoms with E-state index < -0.39 is 12.1 Å². The fraction of sp³-hybridized carbons (Fsp3) is 0.565. The smallest absolute Gasteiger partial charge is 0.407 e. The Morgan fingerprint density at radius 2 is 1.93 bits per heavy atom. The van der Waals surface area contributed by atoms with Crippen molar-refractivity contribution in [2.24, 2.45) is 11.3 Å². The molecule has 1 saturated heterocycles. The molecule has 1 aromatic carbocycles. The molecule has 1 aliphatic heterocycles. The summed E-state index contributed by atoms with van der Waals surface area (Å²) < 4.78 is 5.86. The third-order valence-electron chi connectivity index (χ3n) is 5.95. The van der Waals surface area contributed by atoms with Crippen LogP contribution in [0.15, 0.2) is 34.4 Å². The third kappa shape index (κ3) is 5.56. The average Bonchev–Trinajstić information content (AvgIpc) is 2.68. The first-order valence-electron chi connectivity index (χ1n) is 10.3. The number of methoxy groups -OCH3 is 1. The van der Waals surface area contributed by atoms with Crippen LogP contribution in [-0.4, -0.2) is 47.8 Å². The average molecular weight is 481 g/mol. The second kappa shape index (κ2) is 9.86. The summed E-state index contributed by atoms with van der Waals surface area (Å²) in [6.45, 7) is 10.8. The lowest BCUT2D eigenvalue weighted by molar-refractivity contribution is -0.133. The van der Waals surface area contributed by atoms with Gasteiger partial charge in [-0.15, -0.1) is 0 Å². The Hall–Kier alpha value is -2.02. The first-order chi connectivity index (χ1) is 14.0. The van der Waals surface area contributed by atoms with Crippen LogP contribution in [0.1, 0.15) is 53.0 Å². The molecule has 3 unspecified atom stereocenters. The van der Waals surface area contributed by atoms with Crippen LogP contribution in [0, 0.1) is 11.3 Å². The van der Waals surface area contributed by atoms with Gasteiger partial charge in [-0.25, -0.2) is 9.59 Å². The number of rotatable bonds is 5. The SMILES string of the molecule is COC(=O)/C(=C(\C)NC(C)C1CCN(C(=O)O)C(C(C)(C)C)C1)c1ccccc1Br. The molecule has 30 heavy (non-hydrogen) atoms. The van der Waals surface area contributed by atoms with Gasteiger partial charge in [-0.3, -0.25) is 0 Å². The molecule has 0 radical (unpaired) electrons. The molecule has 0 aliphatic carbocycles. The number of likely N-dealkylation sites (tertiary alicyclic amines) is 1. The summed E-state index contributed by atoms with van der Waals surface area (Å²) in [6.07, 6.45) is 0.704. The maximum absolute atomic E-state index is 12.6. The zero-order valence-corrected chi connectivity index (χ0v) is 20.2. The Kier molecular flexibility index (Phi) is 7.97. The van der Waals surface area contributed by atoms with Gasteiger partial charge in [0, 0.05) is 34.4 Å². The van der Waals surface area contributed by atoms with Gasteiger partial charge in [0.1, 0.15) is 0 Å². The minimum absolute atomic E-state index is 0.0503. The number of halogens is 1. The van der Waals surface area contributed by atoms with Gasteiger partial charge in [-0.1, -0.05) is 54.9 Å². The van der Waals surface area contributed by atoms with Crippen LogP contribution < -0.4 is 5.32 Å². The molecule has 2 N–H and O–H groups in total. The van der Waals surface area contributed by atoms with E-state index in [1.54, 1.807) is 4.90 Å². The number of allylic oxidation sites excluding steroid dienone is 1. The normalized spacial score (nSPS) is 21.5. The Labute approximate surface area is 187 Å². The number of hydrogen-bond donors (Lipinski definition) is 2. The first kappa shape index (κ1) is 24.3. The van der Waals surface area contributed by atoms with Crippen LogP contribution >= 0.6 is 15.9 Å². The number of nitrogens with zero attached hydrogens (tertiary/aromatic N) is 1. The van der Waals surface area contributed by atoms with Crippen molar-refractivity contribution in [1.29, 1.82) is 0 Å². The van der Waals surface area contributed by atoms with Crippen molar-refractivity contribution in [3.63, 3.8) is 0 Å². The van der Waals surface area contributed by atoms with E-state index in [4.69, 9.17) is 4.74 Å². The quantitative estimate of drug-likeness (QED) is 0.450. The van der Waals surface area contributed by atoms with Crippen LogP contribution in [0.2, 0.25) is 0 Å². The first-order valence-corrected chi connectivity index (χ1v) is 11.1. The summed E-state index contributed by atoms with van der Waals surface area (Å²) in [6, 6.07) is 7.59. The Balaban J connectivity index is 2.28. The molecule has 3 atom stereocenters. The number of carbonyl (C=O) groups excluding carboxylic acids is 1. The summed E-state index contributed by atoms with van der Waals surface area (Å²) in [5.74, 6) is -0.106. The van der Waals surface area contributed by atoms with Crippen molar-refractivity contribution in [2.75, 3.05) is 13.7 Å². The molecule has 166 valence electrons. The standard InChI is InChI=1S/C23H33BrN2O4/c1-14(16-11-12-26(22(28)29)19(13-16)23(3,4)5)25-15(2)20(21(27)30-6)17-9-7-8-10-18(17)24/h7-10,14,16,19,25H,11-13H2,1-6H3,(H,28,29)/b20-15+. The summed E-state index contributed by atoms with van der Waals surface area (Å²) in [5, 5.41) is 13.1. The summed E-state index contributed by atoms with van der Waals surface area (Å²) in [4.78, 5) is 25.8. The van der Waals surface area contributed by atoms with Crippen molar-refractivity contribution in [1.82, 2.24) is 10.2 Å². The lowest BCUT2D eigenvalue weighted by atomic mass is 9.75. The molecule has 1 heterocycles. The van der Waals surface area contributed by atoms with Crippen molar-refractivity contribution in [2.45, 2.75) is 59.5 Å². The second-order valence-corrected chi connectivity index (χ2v) is 9.90. The van der Waals surface area contributed by atoms with Gasteiger partial charge >= 0.3 is 12.1 Å². The molecule has 1 aliphatic rings. The van der Waals surface area contributed by atoms with E-state index in [1.807, 2.05) is 31.2 Å². The van der Waals surface area contributed by atoms with E-state index in [1.165, 1.54) is 7.11 Å². The van der Waals surface area contributed by atoms with Gasteiger partial charge in [0.2, 0.25) is 0 Å². The monoisotopic (exact) mass is 480 g/mol. The minimum Gasteiger partial charge on any atom is -0.465 e. The molecular formula is C23H33BrN2O4. The number of carboxylic acid groups (broad SMARTS) is 1. The van der Waals surface area contributed by atoms with E-state index >= 15 is 0 Å². The van der Waals surface area contributed by atoms with Crippen molar-refractivity contribution in [3.05, 3.63) is 40.0 Å². The van der Waals surface area contributed by atoms with Gasteiger partial charge in [-0.2, -0.15) is 0 Å². The number of ether oxygens (including phenoxy) is 1. The summed E-state index contributed by atoms with van der Waals surface area (Å²) in [7, 11) is 1.38. The number of piperidine rings is 1. The number of esters is 1. The zero-order chi connectivity index (χ0) is 22.6. The Bertz CT molecular complexity index is 816. The molecule has 6 nitrogen and oxygen atoms in total. The Morgan fingerprint density at radius 1 is 1.30 bits per heavy atom. The van der Waals surface area contributed by atoms with Crippen LogP contribution in [0.25, 0.3) is 5.57 Å². The molecule has 0 spiro atoms. The highest BCUT2D eigenvalue weighted by molar-refractivity contribution is 9.10. The predicted molar refractivity (Wildman–Crippen MR) is 122 cm³/mol. The van der Waals surface area contributed by atoms with Crippen LogP contribution in [0.5, 0.6) is 0 Å². The van der Waals surface area contributed by atoms with Gasteiger partial charge < -0.3 is 20.1 Å². The summed E-state index contributed by atoms with van der Waals surface area (Å²) >= 11 is 3.52. The number of nitrogens with one attached hydrogen (secondary N) is 1. The van der Waals surface area contributed by atoms with E-state index in [0.29, 0.717) is 12.1 Å². The van der Waals surface area contributed by atoms with E-state index in [9.17, 15) is 14.7 Å². The topological polar surface area (TPSA) is 78.9 Å². The van der Waals surface area contributed by atoms with Crippen molar-refractivity contribution < 1.29 is 19.4 Å². The Morgan fingerprint density at radius 3 is 2.47 bits per heavy atom. The van der Waals surface area contributed by atoms with E-state index in [2.05, 4.69) is 48.9 Å². The molecule has 7 heteroatoms. The van der Waals surface area contributed by atoms with Crippen molar-refractivity contribution >= 4 is 33.6 Å². The molecule has 0 saturated carbocycles. The van der Waals surface area contributed by atoms with Gasteiger partial charge in [0.25, 0.3) is 0 Å². The number of benzene rings is 1. The fourth-order valence-corrected chi connectivity index (χ4v) is 4.74. The highest BCUT2D eigenvalue weighted by atomic mass is 79.9. The molecule has 0 aromatic heterocycles. The van der Waals surface area contributed by atoms with Gasteiger partial charge in [0.15, 0.2) is 0 Å². The van der Waals surface area contributed by atoms with Gasteiger partial charge in [-0.05, 0) is 44.1 Å². The van der Waals surface area contributed by atoms with Crippen LogP contribution in [-0.2, 0) is 9.53 Å². The maximum Gasteiger partial charge on any atom is 0.407 e. The maximum atomic E-state index is 12.6. The van der Waals surface area contributed by atoms with Crippen molar-refractivity contribution in [3.8, 4) is 0 Å². The molecular weight excluding hydrogens is 448 g/mol. The molecule has 0 bridgehead atoms. The molecule has 1 aromatic rings. The highest BCUT2D eigenvalue weighted by Crippen LogP contribution is 2.36. The number of amides is 1. The number of carbonyl (C=O) groups is 2. The zero-order valence-electron chi connectivity index (χ0n) is 18.7. The molecule has 1 fully saturated rings. The fourth-order valence-electron chi connectivity index (χ4n) is 4.26.